The highest BCUT2D eigenvalue weighted by atomic mass is 17.1. The van der Waals surface area contributed by atoms with Crippen LogP contribution in [0, 0.1) is 0 Å². The third kappa shape index (κ3) is 2.27. The van der Waals surface area contributed by atoms with Crippen LogP contribution in [0.25, 0.3) is 0 Å². The molecule has 106 valence electrons. The molecule has 0 amide bonds. The monoisotopic (exact) mass is 276 g/mol. The topological polar surface area (TPSA) is 154 Å². The van der Waals surface area contributed by atoms with Gasteiger partial charge >= 0.3 is 5.69 Å². The van der Waals surface area contributed by atoms with Gasteiger partial charge in [0.05, 0.1) is 12.8 Å². The molecule has 1 aliphatic heterocycles. The Bertz CT molecular complexity index is 566. The van der Waals surface area contributed by atoms with Gasteiger partial charge in [-0.1, -0.05) is 0 Å². The van der Waals surface area contributed by atoms with Crippen molar-refractivity contribution >= 4 is 0 Å². The Morgan fingerprint density at radius 1 is 1.37 bits per heavy atom. The number of H-pyrrole nitrogens is 1. The third-order valence-corrected chi connectivity index (χ3v) is 2.82. The van der Waals surface area contributed by atoms with E-state index in [-0.39, 0.29) is 0 Å². The lowest BCUT2D eigenvalue weighted by atomic mass is 10.1. The summed E-state index contributed by atoms with van der Waals surface area (Å²) >= 11 is 0. The molecular weight excluding hydrogens is 264 g/mol. The van der Waals surface area contributed by atoms with Crippen LogP contribution in [0.3, 0.4) is 0 Å². The van der Waals surface area contributed by atoms with Gasteiger partial charge < -0.3 is 24.9 Å². The largest absolute Gasteiger partial charge is 0.394 e. The van der Waals surface area contributed by atoms with E-state index < -0.39 is 48.1 Å². The molecule has 10 heteroatoms. The van der Waals surface area contributed by atoms with Gasteiger partial charge in [-0.15, -0.1) is 0 Å². The lowest BCUT2D eigenvalue weighted by Gasteiger charge is -2.17. The van der Waals surface area contributed by atoms with Gasteiger partial charge in [-0.25, -0.2) is 10.1 Å². The zero-order valence-electron chi connectivity index (χ0n) is 9.46. The van der Waals surface area contributed by atoms with Crippen molar-refractivity contribution in [2.75, 3.05) is 6.61 Å². The lowest BCUT2D eigenvalue weighted by Crippen LogP contribution is -2.38. The molecule has 1 saturated heterocycles. The van der Waals surface area contributed by atoms with Crippen LogP contribution in [0.5, 0.6) is 5.75 Å². The maximum absolute atomic E-state index is 11.6. The van der Waals surface area contributed by atoms with Crippen molar-refractivity contribution in [3.05, 3.63) is 27.0 Å². The second kappa shape index (κ2) is 5.11. The molecule has 0 bridgehead atoms. The van der Waals surface area contributed by atoms with Gasteiger partial charge in [-0.05, 0) is 0 Å². The number of hydrogen-bond donors (Lipinski definition) is 5. The van der Waals surface area contributed by atoms with Crippen molar-refractivity contribution in [1.82, 2.24) is 9.55 Å². The Balaban J connectivity index is 2.43. The van der Waals surface area contributed by atoms with E-state index in [2.05, 4.69) is 4.89 Å². The van der Waals surface area contributed by atoms with Crippen molar-refractivity contribution in [2.45, 2.75) is 24.5 Å². The van der Waals surface area contributed by atoms with Gasteiger partial charge in [0, 0.05) is 0 Å². The normalized spacial score (nSPS) is 30.5. The average Bonchev–Trinajstić information content (AvgIpc) is 2.67. The van der Waals surface area contributed by atoms with E-state index in [0.717, 1.165) is 10.8 Å². The summed E-state index contributed by atoms with van der Waals surface area (Å²) in [6, 6.07) is 0. The van der Waals surface area contributed by atoms with Crippen LogP contribution in [0.1, 0.15) is 6.23 Å². The predicted octanol–water partition coefficient (Wildman–Crippen LogP) is -3.00. The number of rotatable bonds is 3. The summed E-state index contributed by atoms with van der Waals surface area (Å²) < 4.78 is 5.83. The maximum atomic E-state index is 11.6. The summed E-state index contributed by atoms with van der Waals surface area (Å²) in [7, 11) is 0. The van der Waals surface area contributed by atoms with Crippen molar-refractivity contribution in [3.63, 3.8) is 0 Å². The minimum absolute atomic E-state index is 0.559. The van der Waals surface area contributed by atoms with Crippen molar-refractivity contribution < 1.29 is 30.2 Å². The van der Waals surface area contributed by atoms with E-state index in [0.29, 0.717) is 0 Å². The van der Waals surface area contributed by atoms with Gasteiger partial charge in [0.15, 0.2) is 6.23 Å². The van der Waals surface area contributed by atoms with Crippen molar-refractivity contribution in [3.8, 4) is 5.75 Å². The molecule has 0 aliphatic carbocycles. The summed E-state index contributed by atoms with van der Waals surface area (Å²) in [5, 5.41) is 36.7. The highest BCUT2D eigenvalue weighted by molar-refractivity contribution is 5.12. The van der Waals surface area contributed by atoms with E-state index in [1.807, 2.05) is 4.98 Å². The summed E-state index contributed by atoms with van der Waals surface area (Å²) in [4.78, 5) is 28.3. The molecule has 0 saturated carbocycles. The number of aromatic nitrogens is 2. The molecule has 1 aromatic heterocycles. The zero-order valence-corrected chi connectivity index (χ0v) is 9.46. The Labute approximate surface area is 105 Å². The first kappa shape index (κ1) is 13.7. The molecule has 5 N–H and O–H groups in total. The number of aliphatic hydroxyl groups excluding tert-OH is 3. The molecule has 0 aromatic carbocycles. The van der Waals surface area contributed by atoms with Crippen LogP contribution in [-0.2, 0) is 4.74 Å². The van der Waals surface area contributed by atoms with Crippen molar-refractivity contribution in [1.29, 1.82) is 0 Å². The number of hydrogen-bond acceptors (Lipinski definition) is 8. The smallest absolute Gasteiger partial charge is 0.330 e. The SMILES string of the molecule is O=c1[nH]c(=O)n([C@@H]2O[C@H](CO)[C@@H](O)[C@H]2O)cc1OO. The fraction of sp³-hybridized carbons (Fsp3) is 0.556. The molecule has 19 heavy (non-hydrogen) atoms. The minimum atomic E-state index is -1.49. The second-order valence-corrected chi connectivity index (χ2v) is 3.98. The van der Waals surface area contributed by atoms with Crippen LogP contribution in [0.2, 0.25) is 0 Å². The molecule has 1 fully saturated rings. The summed E-state index contributed by atoms with van der Waals surface area (Å²) in [6.45, 7) is -0.559. The third-order valence-electron chi connectivity index (χ3n) is 2.82. The Morgan fingerprint density at radius 2 is 2.05 bits per heavy atom. The summed E-state index contributed by atoms with van der Waals surface area (Å²) in [5.74, 6) is -0.586. The van der Waals surface area contributed by atoms with Crippen LogP contribution >= 0.6 is 0 Å². The number of nitrogens with zero attached hydrogens (tertiary/aromatic N) is 1. The summed E-state index contributed by atoms with van der Waals surface area (Å²) in [6.07, 6.45) is -4.47. The van der Waals surface area contributed by atoms with Gasteiger partial charge in [0.2, 0.25) is 5.75 Å². The Hall–Kier alpha value is -1.72. The molecule has 0 spiro atoms. The number of ether oxygens (including phenoxy) is 1. The van der Waals surface area contributed by atoms with Gasteiger partial charge in [-0.3, -0.25) is 14.3 Å². The van der Waals surface area contributed by atoms with Gasteiger partial charge in [0.1, 0.15) is 18.3 Å². The van der Waals surface area contributed by atoms with Crippen molar-refractivity contribution in [2.24, 2.45) is 0 Å². The minimum Gasteiger partial charge on any atom is -0.394 e. The van der Waals surface area contributed by atoms with Crippen LogP contribution in [0.15, 0.2) is 15.8 Å². The van der Waals surface area contributed by atoms with Crippen LogP contribution in [0.4, 0.5) is 0 Å². The lowest BCUT2D eigenvalue weighted by molar-refractivity contribution is -0.140. The quantitative estimate of drug-likeness (QED) is 0.289. The fourth-order valence-electron chi connectivity index (χ4n) is 1.83. The first-order valence-electron chi connectivity index (χ1n) is 5.29. The molecular formula is C9H12N2O8. The van der Waals surface area contributed by atoms with Gasteiger partial charge in [0.25, 0.3) is 5.56 Å². The van der Waals surface area contributed by atoms with Crippen LogP contribution < -0.4 is 16.1 Å². The molecule has 4 atom stereocenters. The number of aliphatic hydroxyl groups is 3. The molecule has 1 aromatic rings. The molecule has 1 aliphatic rings. The highest BCUT2D eigenvalue weighted by Gasteiger charge is 2.43. The van der Waals surface area contributed by atoms with E-state index in [1.54, 1.807) is 0 Å². The van der Waals surface area contributed by atoms with E-state index in [4.69, 9.17) is 15.1 Å². The maximum Gasteiger partial charge on any atom is 0.330 e. The molecule has 2 rings (SSSR count). The molecule has 2 heterocycles. The molecule has 0 unspecified atom stereocenters. The number of aromatic amines is 1. The van der Waals surface area contributed by atoms with E-state index in [9.17, 15) is 19.8 Å². The van der Waals surface area contributed by atoms with E-state index >= 15 is 0 Å². The Kier molecular flexibility index (Phi) is 3.68. The van der Waals surface area contributed by atoms with E-state index in [1.165, 1.54) is 0 Å². The van der Waals surface area contributed by atoms with Crippen LogP contribution in [-0.4, -0.2) is 55.0 Å². The standard InChI is InChI=1S/C9H12N2O8/c12-2-4-5(13)6(14)8(18-4)11-1-3(19-17)7(15)10-9(11)16/h1,4-6,8,12-14,17H,2H2,(H,10,15,16)/t4-,5-,6-,8-/m1/s1. The zero-order chi connectivity index (χ0) is 14.2. The average molecular weight is 276 g/mol. The first-order chi connectivity index (χ1) is 8.99. The number of nitrogens with one attached hydrogen (secondary N) is 1. The first-order valence-corrected chi connectivity index (χ1v) is 5.29. The predicted molar refractivity (Wildman–Crippen MR) is 57.6 cm³/mol. The molecule has 10 nitrogen and oxygen atoms in total. The molecule has 0 radical (unpaired) electrons. The fourth-order valence-corrected chi connectivity index (χ4v) is 1.83. The second-order valence-electron chi connectivity index (χ2n) is 3.98. The summed E-state index contributed by atoms with van der Waals surface area (Å²) in [5.41, 5.74) is -1.89. The highest BCUT2D eigenvalue weighted by Crippen LogP contribution is 2.28. The Morgan fingerprint density at radius 3 is 2.58 bits per heavy atom. The van der Waals surface area contributed by atoms with Gasteiger partial charge in [-0.2, -0.15) is 0 Å².